The summed E-state index contributed by atoms with van der Waals surface area (Å²) in [5.41, 5.74) is 5.38. The van der Waals surface area contributed by atoms with Gasteiger partial charge < -0.3 is 20.7 Å². The van der Waals surface area contributed by atoms with Crippen LogP contribution in [0.4, 0.5) is 0 Å². The Bertz CT molecular complexity index is 443. The number of carbonyl (C=O) groups excluding carboxylic acids is 1. The maximum absolute atomic E-state index is 11.2. The van der Waals surface area contributed by atoms with Crippen LogP contribution in [0.2, 0.25) is 0 Å². The van der Waals surface area contributed by atoms with Crippen LogP contribution < -0.4 is 11.1 Å². The number of amides is 1. The minimum atomic E-state index is -0.200. The molecule has 2 fully saturated rings. The molecule has 0 bridgehead atoms. The zero-order valence-corrected chi connectivity index (χ0v) is 15.9. The first-order valence-electron chi connectivity index (χ1n) is 9.68. The molecule has 1 amide bonds. The molecule has 0 radical (unpaired) electrons. The van der Waals surface area contributed by atoms with Crippen LogP contribution in [0.3, 0.4) is 0 Å². The molecule has 0 aromatic rings. The van der Waals surface area contributed by atoms with E-state index in [1.165, 1.54) is 12.8 Å². The van der Waals surface area contributed by atoms with Crippen LogP contribution >= 0.6 is 0 Å². The highest BCUT2D eigenvalue weighted by atomic mass is 16.5. The molecule has 0 spiro atoms. The molecule has 144 valence electrons. The molecule has 2 aliphatic heterocycles. The first-order chi connectivity index (χ1) is 12.1. The number of aliphatic imine (C=N–C) groups is 1. The summed E-state index contributed by atoms with van der Waals surface area (Å²) < 4.78 is 5.22. The van der Waals surface area contributed by atoms with E-state index in [2.05, 4.69) is 22.0 Å². The average Bonchev–Trinajstić information content (AvgIpc) is 3.03. The molecule has 7 nitrogen and oxygen atoms in total. The number of methoxy groups -OCH3 is 1. The zero-order chi connectivity index (χ0) is 18.1. The summed E-state index contributed by atoms with van der Waals surface area (Å²) in [7, 11) is 1.76. The summed E-state index contributed by atoms with van der Waals surface area (Å²) in [6, 6.07) is 0.509. The fourth-order valence-corrected chi connectivity index (χ4v) is 3.93. The number of piperidine rings is 1. The first kappa shape index (κ1) is 20.0. The van der Waals surface area contributed by atoms with Gasteiger partial charge in [0, 0.05) is 45.8 Å². The molecular weight excluding hydrogens is 318 g/mol. The van der Waals surface area contributed by atoms with Crippen molar-refractivity contribution in [3.63, 3.8) is 0 Å². The topological polar surface area (TPSA) is 83.2 Å². The highest BCUT2D eigenvalue weighted by molar-refractivity contribution is 5.80. The summed E-state index contributed by atoms with van der Waals surface area (Å²) in [5.74, 6) is 1.13. The van der Waals surface area contributed by atoms with Crippen molar-refractivity contribution >= 4 is 11.9 Å². The molecule has 2 heterocycles. The van der Waals surface area contributed by atoms with Gasteiger partial charge in [0.2, 0.25) is 5.91 Å². The van der Waals surface area contributed by atoms with E-state index in [1.807, 2.05) is 0 Å². The molecule has 2 aliphatic rings. The third kappa shape index (κ3) is 6.47. The smallest absolute Gasteiger partial charge is 0.217 e. The molecular formula is C18H35N5O2. The van der Waals surface area contributed by atoms with Gasteiger partial charge in [0.1, 0.15) is 0 Å². The molecule has 0 saturated carbocycles. The van der Waals surface area contributed by atoms with E-state index in [0.29, 0.717) is 18.4 Å². The zero-order valence-electron chi connectivity index (χ0n) is 15.9. The number of nitrogens with two attached hydrogens (primary N) is 1. The second kappa shape index (κ2) is 10.6. The van der Waals surface area contributed by atoms with E-state index in [-0.39, 0.29) is 5.91 Å². The fourth-order valence-electron chi connectivity index (χ4n) is 3.93. The molecule has 0 aromatic carbocycles. The molecule has 2 unspecified atom stereocenters. The van der Waals surface area contributed by atoms with Crippen LogP contribution in [0.15, 0.2) is 4.99 Å². The Kier molecular flexibility index (Phi) is 8.48. The number of guanidine groups is 1. The summed E-state index contributed by atoms with van der Waals surface area (Å²) in [6.07, 6.45) is 5.09. The van der Waals surface area contributed by atoms with Crippen LogP contribution in [0.25, 0.3) is 0 Å². The molecule has 25 heavy (non-hydrogen) atoms. The Balaban J connectivity index is 1.94. The average molecular weight is 354 g/mol. The summed E-state index contributed by atoms with van der Waals surface area (Å²) >= 11 is 0. The summed E-state index contributed by atoms with van der Waals surface area (Å²) in [4.78, 5) is 20.9. The number of ether oxygens (including phenoxy) is 1. The number of hydrogen-bond acceptors (Lipinski definition) is 4. The Morgan fingerprint density at radius 3 is 2.84 bits per heavy atom. The van der Waals surface area contributed by atoms with Crippen molar-refractivity contribution in [2.45, 2.75) is 45.1 Å². The highest BCUT2D eigenvalue weighted by Gasteiger charge is 2.26. The first-order valence-corrected chi connectivity index (χ1v) is 9.68. The summed E-state index contributed by atoms with van der Waals surface area (Å²) in [6.45, 7) is 8.55. The number of likely N-dealkylation sites (tertiary alicyclic amines) is 2. The third-order valence-electron chi connectivity index (χ3n) is 5.18. The second-order valence-electron chi connectivity index (χ2n) is 7.14. The predicted octanol–water partition coefficient (Wildman–Crippen LogP) is 0.650. The highest BCUT2D eigenvalue weighted by Crippen LogP contribution is 2.20. The van der Waals surface area contributed by atoms with Gasteiger partial charge in [-0.15, -0.1) is 0 Å². The lowest BCUT2D eigenvalue weighted by molar-refractivity contribution is -0.119. The third-order valence-corrected chi connectivity index (χ3v) is 5.18. The van der Waals surface area contributed by atoms with Crippen molar-refractivity contribution in [3.05, 3.63) is 0 Å². The van der Waals surface area contributed by atoms with Gasteiger partial charge in [0.15, 0.2) is 5.96 Å². The molecule has 3 N–H and O–H groups in total. The van der Waals surface area contributed by atoms with Crippen LogP contribution in [0.1, 0.15) is 39.0 Å². The maximum atomic E-state index is 11.2. The van der Waals surface area contributed by atoms with Gasteiger partial charge in [0.05, 0.1) is 13.2 Å². The standard InChI is InChI=1S/C18H35N5O2/c1-3-20-18(23-9-4-6-15(14-23)12-17(19)24)21-13-16-7-5-8-22(16)10-11-25-2/h15-16H,3-14H2,1-2H3,(H2,19,24)(H,20,21). The van der Waals surface area contributed by atoms with E-state index in [0.717, 1.165) is 64.7 Å². The van der Waals surface area contributed by atoms with Crippen molar-refractivity contribution in [2.24, 2.45) is 16.6 Å². The number of rotatable bonds is 8. The van der Waals surface area contributed by atoms with Crippen molar-refractivity contribution in [1.82, 2.24) is 15.1 Å². The Labute approximate surface area is 152 Å². The van der Waals surface area contributed by atoms with E-state index in [9.17, 15) is 4.79 Å². The fraction of sp³-hybridized carbons (Fsp3) is 0.889. The number of carbonyl (C=O) groups is 1. The van der Waals surface area contributed by atoms with E-state index in [4.69, 9.17) is 15.5 Å². The van der Waals surface area contributed by atoms with Crippen LogP contribution in [-0.2, 0) is 9.53 Å². The molecule has 2 rings (SSSR count). The Hall–Kier alpha value is -1.34. The van der Waals surface area contributed by atoms with Gasteiger partial charge in [-0.3, -0.25) is 14.7 Å². The quantitative estimate of drug-likeness (QED) is 0.494. The van der Waals surface area contributed by atoms with Crippen LogP contribution in [0, 0.1) is 5.92 Å². The SMILES string of the molecule is CCNC(=NCC1CCCN1CCOC)N1CCCC(CC(N)=O)C1. The molecule has 2 saturated heterocycles. The number of nitrogens with one attached hydrogen (secondary N) is 1. The van der Waals surface area contributed by atoms with Crippen molar-refractivity contribution < 1.29 is 9.53 Å². The van der Waals surface area contributed by atoms with E-state index >= 15 is 0 Å². The summed E-state index contributed by atoms with van der Waals surface area (Å²) in [5, 5.41) is 3.42. The number of hydrogen-bond donors (Lipinski definition) is 2. The van der Waals surface area contributed by atoms with Crippen molar-refractivity contribution in [2.75, 3.05) is 53.0 Å². The van der Waals surface area contributed by atoms with Gasteiger partial charge in [-0.1, -0.05) is 0 Å². The van der Waals surface area contributed by atoms with Gasteiger partial charge in [-0.05, 0) is 45.1 Å². The molecule has 7 heteroatoms. The van der Waals surface area contributed by atoms with Gasteiger partial charge in [-0.25, -0.2) is 0 Å². The molecule has 0 aliphatic carbocycles. The lowest BCUT2D eigenvalue weighted by Crippen LogP contribution is -2.47. The van der Waals surface area contributed by atoms with Gasteiger partial charge in [0.25, 0.3) is 0 Å². The molecule has 0 aromatic heterocycles. The lowest BCUT2D eigenvalue weighted by atomic mass is 9.95. The number of primary amides is 1. The van der Waals surface area contributed by atoms with E-state index < -0.39 is 0 Å². The van der Waals surface area contributed by atoms with Crippen molar-refractivity contribution in [1.29, 1.82) is 0 Å². The predicted molar refractivity (Wildman–Crippen MR) is 101 cm³/mol. The van der Waals surface area contributed by atoms with Crippen LogP contribution in [-0.4, -0.2) is 80.7 Å². The van der Waals surface area contributed by atoms with Crippen molar-refractivity contribution in [3.8, 4) is 0 Å². The minimum Gasteiger partial charge on any atom is -0.383 e. The normalized spacial score (nSPS) is 25.4. The lowest BCUT2D eigenvalue weighted by Gasteiger charge is -2.35. The Morgan fingerprint density at radius 2 is 2.12 bits per heavy atom. The molecule has 2 atom stereocenters. The van der Waals surface area contributed by atoms with Crippen LogP contribution in [0.5, 0.6) is 0 Å². The largest absolute Gasteiger partial charge is 0.383 e. The second-order valence-corrected chi connectivity index (χ2v) is 7.14. The monoisotopic (exact) mass is 353 g/mol. The van der Waals surface area contributed by atoms with Gasteiger partial charge in [-0.2, -0.15) is 0 Å². The van der Waals surface area contributed by atoms with Gasteiger partial charge >= 0.3 is 0 Å². The van der Waals surface area contributed by atoms with E-state index in [1.54, 1.807) is 7.11 Å². The Morgan fingerprint density at radius 1 is 1.32 bits per heavy atom. The minimum absolute atomic E-state index is 0.200. The number of nitrogens with zero attached hydrogens (tertiary/aromatic N) is 3. The maximum Gasteiger partial charge on any atom is 0.217 e.